The molecule has 5 nitrogen and oxygen atoms in total. The average Bonchev–Trinajstić information content (AvgIpc) is 2.71. The molecule has 1 heterocycles. The normalized spacial score (nSPS) is 12.4. The minimum Gasteiger partial charge on any atom is -0.383 e. The molecule has 0 bridgehead atoms. The summed E-state index contributed by atoms with van der Waals surface area (Å²) in [5.41, 5.74) is 0. The molecule has 0 aliphatic carbocycles. The number of hydrogen-bond acceptors (Lipinski definition) is 3. The van der Waals surface area contributed by atoms with E-state index in [4.69, 9.17) is 4.74 Å². The van der Waals surface area contributed by atoms with E-state index in [2.05, 4.69) is 17.2 Å². The van der Waals surface area contributed by atoms with E-state index in [0.29, 0.717) is 6.61 Å². The van der Waals surface area contributed by atoms with E-state index < -0.39 is 0 Å². The number of ether oxygens (including phenoxy) is 1. The number of carbonyl (C=O) groups excluding carboxylic acids is 1. The smallest absolute Gasteiger partial charge is 0.327 e. The van der Waals surface area contributed by atoms with Gasteiger partial charge >= 0.3 is 6.03 Å². The van der Waals surface area contributed by atoms with Crippen LogP contribution in [0.4, 0.5) is 4.79 Å². The number of amides is 1. The van der Waals surface area contributed by atoms with Crippen molar-refractivity contribution < 1.29 is 9.53 Å². The molecule has 0 saturated carbocycles. The Morgan fingerprint density at radius 3 is 3.00 bits per heavy atom. The number of carbonyl (C=O) groups is 1. The number of aromatic nitrogens is 2. The second-order valence-corrected chi connectivity index (χ2v) is 3.36. The summed E-state index contributed by atoms with van der Waals surface area (Å²) in [5, 5.41) is 2.88. The first-order valence-electron chi connectivity index (χ1n) is 5.05. The van der Waals surface area contributed by atoms with Crippen molar-refractivity contribution in [3.63, 3.8) is 0 Å². The van der Waals surface area contributed by atoms with Crippen molar-refractivity contribution in [3.8, 4) is 0 Å². The number of rotatable bonds is 5. The zero-order valence-corrected chi connectivity index (χ0v) is 9.14. The Morgan fingerprint density at radius 2 is 2.47 bits per heavy atom. The molecule has 1 aromatic rings. The number of hydrogen-bond donors (Lipinski definition) is 1. The zero-order chi connectivity index (χ0) is 11.1. The summed E-state index contributed by atoms with van der Waals surface area (Å²) in [6.45, 7) is 2.61. The molecule has 0 aliphatic rings. The van der Waals surface area contributed by atoms with Gasteiger partial charge in [0.05, 0.1) is 12.6 Å². The van der Waals surface area contributed by atoms with Gasteiger partial charge in [-0.15, -0.1) is 0 Å². The van der Waals surface area contributed by atoms with Gasteiger partial charge in [0.1, 0.15) is 6.33 Å². The lowest BCUT2D eigenvalue weighted by Crippen LogP contribution is -2.39. The molecule has 1 N–H and O–H groups in total. The van der Waals surface area contributed by atoms with Crippen LogP contribution in [0.1, 0.15) is 19.8 Å². The van der Waals surface area contributed by atoms with Gasteiger partial charge in [-0.2, -0.15) is 0 Å². The highest BCUT2D eigenvalue weighted by Crippen LogP contribution is 1.98. The van der Waals surface area contributed by atoms with Crippen LogP contribution in [0, 0.1) is 0 Å². The van der Waals surface area contributed by atoms with Gasteiger partial charge in [0.25, 0.3) is 0 Å². The molecule has 5 heteroatoms. The van der Waals surface area contributed by atoms with Gasteiger partial charge in [-0.05, 0) is 6.42 Å². The van der Waals surface area contributed by atoms with Crippen LogP contribution < -0.4 is 5.32 Å². The maximum absolute atomic E-state index is 11.6. The molecule has 0 saturated heterocycles. The second-order valence-electron chi connectivity index (χ2n) is 3.36. The number of imidazole rings is 1. The first-order valence-corrected chi connectivity index (χ1v) is 5.05. The number of nitrogens with zero attached hydrogens (tertiary/aromatic N) is 2. The molecule has 0 aliphatic heterocycles. The van der Waals surface area contributed by atoms with Crippen LogP contribution in [0.3, 0.4) is 0 Å². The van der Waals surface area contributed by atoms with Gasteiger partial charge in [-0.1, -0.05) is 13.3 Å². The van der Waals surface area contributed by atoms with Crippen molar-refractivity contribution >= 4 is 6.03 Å². The standard InChI is InChI=1S/C10H17N3O2/c1-3-4-9(7-15-2)12-10(14)13-6-5-11-8-13/h5-6,8-9H,3-4,7H2,1-2H3,(H,12,14). The number of nitrogens with one attached hydrogen (secondary N) is 1. The van der Waals surface area contributed by atoms with Crippen molar-refractivity contribution in [3.05, 3.63) is 18.7 Å². The molecule has 15 heavy (non-hydrogen) atoms. The minimum absolute atomic E-state index is 0.0647. The summed E-state index contributed by atoms with van der Waals surface area (Å²) in [4.78, 5) is 15.4. The molecule has 1 rings (SSSR count). The fourth-order valence-corrected chi connectivity index (χ4v) is 1.38. The van der Waals surface area contributed by atoms with Gasteiger partial charge in [0.15, 0.2) is 0 Å². The summed E-state index contributed by atoms with van der Waals surface area (Å²) >= 11 is 0. The van der Waals surface area contributed by atoms with Gasteiger partial charge < -0.3 is 10.1 Å². The molecule has 0 aromatic carbocycles. The van der Waals surface area contributed by atoms with Crippen molar-refractivity contribution in [2.75, 3.05) is 13.7 Å². The highest BCUT2D eigenvalue weighted by atomic mass is 16.5. The maximum Gasteiger partial charge on any atom is 0.327 e. The molecule has 1 atom stereocenters. The topological polar surface area (TPSA) is 56.1 Å². The SMILES string of the molecule is CCCC(COC)NC(=O)n1ccnc1. The summed E-state index contributed by atoms with van der Waals surface area (Å²) < 4.78 is 6.45. The maximum atomic E-state index is 11.6. The monoisotopic (exact) mass is 211 g/mol. The molecule has 1 aromatic heterocycles. The Kier molecular flexibility index (Phi) is 4.83. The van der Waals surface area contributed by atoms with Crippen LogP contribution in [0.5, 0.6) is 0 Å². The molecule has 1 unspecified atom stereocenters. The van der Waals surface area contributed by atoms with Gasteiger partial charge in [-0.25, -0.2) is 9.78 Å². The number of methoxy groups -OCH3 is 1. The largest absolute Gasteiger partial charge is 0.383 e. The molecule has 0 spiro atoms. The highest BCUT2D eigenvalue weighted by molar-refractivity contribution is 5.76. The third kappa shape index (κ3) is 3.71. The van der Waals surface area contributed by atoms with E-state index in [1.807, 2.05) is 0 Å². The Balaban J connectivity index is 2.47. The lowest BCUT2D eigenvalue weighted by Gasteiger charge is -2.16. The van der Waals surface area contributed by atoms with E-state index in [9.17, 15) is 4.79 Å². The van der Waals surface area contributed by atoms with E-state index in [1.54, 1.807) is 19.5 Å². The third-order valence-electron chi connectivity index (χ3n) is 2.07. The molecule has 84 valence electrons. The van der Waals surface area contributed by atoms with E-state index in [1.165, 1.54) is 10.9 Å². The average molecular weight is 211 g/mol. The van der Waals surface area contributed by atoms with E-state index in [-0.39, 0.29) is 12.1 Å². The Bertz CT molecular complexity index is 279. The van der Waals surface area contributed by atoms with Crippen molar-refractivity contribution in [2.24, 2.45) is 0 Å². The first-order chi connectivity index (χ1) is 7.27. The minimum atomic E-state index is -0.164. The predicted octanol–water partition coefficient (Wildman–Crippen LogP) is 1.26. The van der Waals surface area contributed by atoms with Crippen molar-refractivity contribution in [1.29, 1.82) is 0 Å². The van der Waals surface area contributed by atoms with Gasteiger partial charge in [-0.3, -0.25) is 4.57 Å². The van der Waals surface area contributed by atoms with E-state index >= 15 is 0 Å². The van der Waals surface area contributed by atoms with Gasteiger partial charge in [0.2, 0.25) is 0 Å². The fraction of sp³-hybridized carbons (Fsp3) is 0.600. The third-order valence-corrected chi connectivity index (χ3v) is 2.07. The second kappa shape index (κ2) is 6.19. The van der Waals surface area contributed by atoms with Crippen LogP contribution in [0.2, 0.25) is 0 Å². The van der Waals surface area contributed by atoms with E-state index in [0.717, 1.165) is 12.8 Å². The van der Waals surface area contributed by atoms with Crippen molar-refractivity contribution in [1.82, 2.24) is 14.9 Å². The van der Waals surface area contributed by atoms with Crippen LogP contribution in [0.25, 0.3) is 0 Å². The van der Waals surface area contributed by atoms with Crippen LogP contribution in [0.15, 0.2) is 18.7 Å². The highest BCUT2D eigenvalue weighted by Gasteiger charge is 2.11. The summed E-state index contributed by atoms with van der Waals surface area (Å²) in [6, 6.07) is -0.0992. The summed E-state index contributed by atoms with van der Waals surface area (Å²) in [6.07, 6.45) is 6.59. The van der Waals surface area contributed by atoms with Crippen LogP contribution in [-0.2, 0) is 4.74 Å². The molecule has 0 radical (unpaired) electrons. The predicted molar refractivity (Wildman–Crippen MR) is 56.7 cm³/mol. The summed E-state index contributed by atoms with van der Waals surface area (Å²) in [5.74, 6) is 0. The lowest BCUT2D eigenvalue weighted by molar-refractivity contribution is 0.162. The van der Waals surface area contributed by atoms with Crippen molar-refractivity contribution in [2.45, 2.75) is 25.8 Å². The Labute approximate surface area is 89.4 Å². The van der Waals surface area contributed by atoms with Crippen LogP contribution >= 0.6 is 0 Å². The molecule has 1 amide bonds. The quantitative estimate of drug-likeness (QED) is 0.797. The zero-order valence-electron chi connectivity index (χ0n) is 9.14. The first kappa shape index (κ1) is 11.7. The molecular weight excluding hydrogens is 194 g/mol. The molecular formula is C10H17N3O2. The Morgan fingerprint density at radius 1 is 1.67 bits per heavy atom. The summed E-state index contributed by atoms with van der Waals surface area (Å²) in [7, 11) is 1.63. The fourth-order valence-electron chi connectivity index (χ4n) is 1.38. The lowest BCUT2D eigenvalue weighted by atomic mass is 10.2. The van der Waals surface area contributed by atoms with Gasteiger partial charge in [0, 0.05) is 19.5 Å². The molecule has 0 fully saturated rings. The Hall–Kier alpha value is -1.36. The van der Waals surface area contributed by atoms with Crippen LogP contribution in [-0.4, -0.2) is 35.3 Å².